The van der Waals surface area contributed by atoms with Crippen molar-refractivity contribution < 1.29 is 9.53 Å². The Hall–Kier alpha value is -0.650. The quantitative estimate of drug-likeness (QED) is 0.678. The molecule has 5 heteroatoms. The number of rotatable bonds is 8. The molecular weight excluding hydrogens is 242 g/mol. The largest absolute Gasteiger partial charge is 0.384 e. The van der Waals surface area contributed by atoms with Crippen molar-refractivity contribution in [3.8, 4) is 0 Å². The van der Waals surface area contributed by atoms with E-state index in [0.29, 0.717) is 5.92 Å². The third-order valence-electron chi connectivity index (χ3n) is 3.85. The van der Waals surface area contributed by atoms with Crippen LogP contribution in [0.5, 0.6) is 0 Å². The third-order valence-corrected chi connectivity index (χ3v) is 3.85. The van der Waals surface area contributed by atoms with E-state index < -0.39 is 5.54 Å². The highest BCUT2D eigenvalue weighted by atomic mass is 16.5. The summed E-state index contributed by atoms with van der Waals surface area (Å²) < 4.78 is 5.20. The summed E-state index contributed by atoms with van der Waals surface area (Å²) in [5, 5.41) is 3.29. The van der Waals surface area contributed by atoms with Crippen molar-refractivity contribution in [3.63, 3.8) is 0 Å². The van der Waals surface area contributed by atoms with Crippen LogP contribution < -0.4 is 11.1 Å². The summed E-state index contributed by atoms with van der Waals surface area (Å²) in [5.74, 6) is 0.358. The lowest BCUT2D eigenvalue weighted by molar-refractivity contribution is -0.124. The SMILES string of the molecule is COCC1CCN(CCC(C)(NC(C)C)C(N)=O)C1. The van der Waals surface area contributed by atoms with E-state index in [1.54, 1.807) is 7.11 Å². The normalized spacial score (nSPS) is 23.7. The smallest absolute Gasteiger partial charge is 0.237 e. The van der Waals surface area contributed by atoms with Gasteiger partial charge in [0.2, 0.25) is 5.91 Å². The van der Waals surface area contributed by atoms with Gasteiger partial charge in [-0.05, 0) is 46.1 Å². The number of likely N-dealkylation sites (tertiary alicyclic amines) is 1. The highest BCUT2D eigenvalue weighted by Gasteiger charge is 2.32. The number of carbonyl (C=O) groups excluding carboxylic acids is 1. The second-order valence-electron chi connectivity index (χ2n) is 6.16. The number of hydrogen-bond acceptors (Lipinski definition) is 4. The van der Waals surface area contributed by atoms with E-state index in [4.69, 9.17) is 10.5 Å². The van der Waals surface area contributed by atoms with Gasteiger partial charge in [-0.25, -0.2) is 0 Å². The zero-order valence-electron chi connectivity index (χ0n) is 12.7. The van der Waals surface area contributed by atoms with Crippen LogP contribution in [0.15, 0.2) is 0 Å². The third kappa shape index (κ3) is 5.09. The Bertz CT molecular complexity index is 296. The predicted octanol–water partition coefficient (Wildman–Crippen LogP) is 0.587. The fourth-order valence-electron chi connectivity index (χ4n) is 2.77. The number of ether oxygens (including phenoxy) is 1. The number of carbonyl (C=O) groups is 1. The van der Waals surface area contributed by atoms with E-state index in [1.165, 1.54) is 6.42 Å². The first-order valence-electron chi connectivity index (χ1n) is 7.16. The fourth-order valence-corrected chi connectivity index (χ4v) is 2.77. The standard InChI is InChI=1S/C14H29N3O2/c1-11(2)16-14(3,13(15)18)6-8-17-7-5-12(9-17)10-19-4/h11-12,16H,5-10H2,1-4H3,(H2,15,18). The van der Waals surface area contributed by atoms with Gasteiger partial charge in [-0.3, -0.25) is 4.79 Å². The summed E-state index contributed by atoms with van der Waals surface area (Å²) in [4.78, 5) is 14.0. The Morgan fingerprint density at radius 3 is 2.79 bits per heavy atom. The lowest BCUT2D eigenvalue weighted by Crippen LogP contribution is -2.56. The van der Waals surface area contributed by atoms with Gasteiger partial charge in [0.15, 0.2) is 0 Å². The van der Waals surface area contributed by atoms with E-state index in [0.717, 1.165) is 32.7 Å². The minimum absolute atomic E-state index is 0.248. The zero-order valence-corrected chi connectivity index (χ0v) is 12.7. The van der Waals surface area contributed by atoms with Gasteiger partial charge in [0, 0.05) is 26.2 Å². The maximum Gasteiger partial charge on any atom is 0.237 e. The number of nitrogens with one attached hydrogen (secondary N) is 1. The molecule has 0 aromatic carbocycles. The summed E-state index contributed by atoms with van der Waals surface area (Å²) in [5.41, 5.74) is 4.92. The molecule has 0 aliphatic carbocycles. The van der Waals surface area contributed by atoms with Crippen molar-refractivity contribution in [2.75, 3.05) is 33.4 Å². The zero-order chi connectivity index (χ0) is 14.5. The monoisotopic (exact) mass is 271 g/mol. The van der Waals surface area contributed by atoms with Gasteiger partial charge in [0.05, 0.1) is 12.1 Å². The van der Waals surface area contributed by atoms with Gasteiger partial charge < -0.3 is 20.7 Å². The van der Waals surface area contributed by atoms with Gasteiger partial charge in [0.25, 0.3) is 0 Å². The highest BCUT2D eigenvalue weighted by Crippen LogP contribution is 2.19. The molecule has 5 nitrogen and oxygen atoms in total. The first kappa shape index (κ1) is 16.4. The van der Waals surface area contributed by atoms with Crippen molar-refractivity contribution >= 4 is 5.91 Å². The minimum Gasteiger partial charge on any atom is -0.384 e. The molecule has 1 aliphatic rings. The number of nitrogens with two attached hydrogens (primary N) is 1. The molecule has 0 radical (unpaired) electrons. The molecule has 0 spiro atoms. The van der Waals surface area contributed by atoms with Crippen LogP contribution in [0.4, 0.5) is 0 Å². The lowest BCUT2D eigenvalue weighted by Gasteiger charge is -2.31. The van der Waals surface area contributed by atoms with Gasteiger partial charge in [-0.15, -0.1) is 0 Å². The van der Waals surface area contributed by atoms with Gasteiger partial charge in [-0.1, -0.05) is 0 Å². The number of nitrogens with zero attached hydrogens (tertiary/aromatic N) is 1. The molecule has 112 valence electrons. The van der Waals surface area contributed by atoms with Crippen LogP contribution in [0.1, 0.15) is 33.6 Å². The molecule has 1 rings (SSSR count). The molecule has 19 heavy (non-hydrogen) atoms. The Morgan fingerprint density at radius 1 is 1.58 bits per heavy atom. The molecule has 0 bridgehead atoms. The second kappa shape index (κ2) is 7.22. The second-order valence-corrected chi connectivity index (χ2v) is 6.16. The Morgan fingerprint density at radius 2 is 2.26 bits per heavy atom. The first-order valence-corrected chi connectivity index (χ1v) is 7.16. The highest BCUT2D eigenvalue weighted by molar-refractivity contribution is 5.84. The average Bonchev–Trinajstić information content (AvgIpc) is 2.74. The van der Waals surface area contributed by atoms with E-state index in [1.807, 2.05) is 20.8 Å². The molecule has 1 heterocycles. The Kier molecular flexibility index (Phi) is 6.23. The van der Waals surface area contributed by atoms with Crippen LogP contribution in [0.3, 0.4) is 0 Å². The Balaban J connectivity index is 2.43. The van der Waals surface area contributed by atoms with Crippen molar-refractivity contribution in [2.45, 2.75) is 45.2 Å². The molecule has 0 aromatic heterocycles. The molecule has 3 N–H and O–H groups in total. The van der Waals surface area contributed by atoms with Crippen LogP contribution in [0.2, 0.25) is 0 Å². The summed E-state index contributed by atoms with van der Waals surface area (Å²) in [6.45, 7) is 9.84. The fraction of sp³-hybridized carbons (Fsp3) is 0.929. The van der Waals surface area contributed by atoms with E-state index >= 15 is 0 Å². The van der Waals surface area contributed by atoms with E-state index in [-0.39, 0.29) is 11.9 Å². The molecular formula is C14H29N3O2. The van der Waals surface area contributed by atoms with Crippen LogP contribution in [0.25, 0.3) is 0 Å². The predicted molar refractivity (Wildman–Crippen MR) is 76.9 cm³/mol. The number of amides is 1. The summed E-state index contributed by atoms with van der Waals surface area (Å²) >= 11 is 0. The summed E-state index contributed by atoms with van der Waals surface area (Å²) in [7, 11) is 1.75. The van der Waals surface area contributed by atoms with Crippen LogP contribution in [-0.2, 0) is 9.53 Å². The summed E-state index contributed by atoms with van der Waals surface area (Å²) in [6.07, 6.45) is 1.93. The van der Waals surface area contributed by atoms with E-state index in [2.05, 4.69) is 10.2 Å². The maximum atomic E-state index is 11.6. The molecule has 1 fully saturated rings. The van der Waals surface area contributed by atoms with Gasteiger partial charge >= 0.3 is 0 Å². The van der Waals surface area contributed by atoms with Crippen molar-refractivity contribution in [1.29, 1.82) is 0 Å². The minimum atomic E-state index is -0.618. The van der Waals surface area contributed by atoms with Gasteiger partial charge in [-0.2, -0.15) is 0 Å². The molecule has 2 atom stereocenters. The molecule has 0 aromatic rings. The van der Waals surface area contributed by atoms with Gasteiger partial charge in [0.1, 0.15) is 0 Å². The topological polar surface area (TPSA) is 67.6 Å². The number of hydrogen-bond donors (Lipinski definition) is 2. The van der Waals surface area contributed by atoms with Crippen LogP contribution >= 0.6 is 0 Å². The lowest BCUT2D eigenvalue weighted by atomic mass is 9.95. The Labute approximate surface area is 116 Å². The van der Waals surface area contributed by atoms with Crippen molar-refractivity contribution in [3.05, 3.63) is 0 Å². The van der Waals surface area contributed by atoms with Crippen LogP contribution in [0, 0.1) is 5.92 Å². The van der Waals surface area contributed by atoms with Crippen LogP contribution in [-0.4, -0.2) is 55.7 Å². The maximum absolute atomic E-state index is 11.6. The average molecular weight is 271 g/mol. The molecule has 2 unspecified atom stereocenters. The number of primary amides is 1. The van der Waals surface area contributed by atoms with Crippen molar-refractivity contribution in [1.82, 2.24) is 10.2 Å². The molecule has 0 saturated carbocycles. The molecule has 1 amide bonds. The number of methoxy groups -OCH3 is 1. The summed E-state index contributed by atoms with van der Waals surface area (Å²) in [6, 6.07) is 0.248. The van der Waals surface area contributed by atoms with Crippen molar-refractivity contribution in [2.24, 2.45) is 11.7 Å². The van der Waals surface area contributed by atoms with E-state index in [9.17, 15) is 4.79 Å². The molecule has 1 saturated heterocycles. The molecule has 1 aliphatic heterocycles. The first-order chi connectivity index (χ1) is 8.87.